The van der Waals surface area contributed by atoms with E-state index in [4.69, 9.17) is 34.2 Å². The Balaban J connectivity index is 0.000000183. The summed E-state index contributed by atoms with van der Waals surface area (Å²) in [5.74, 6) is 6.06. The van der Waals surface area contributed by atoms with Crippen LogP contribution in [0.15, 0.2) is 14.2 Å². The molecule has 0 bridgehead atoms. The molecular formula is C50H83N9O11. The molecular weight excluding hydrogens is 903 g/mol. The van der Waals surface area contributed by atoms with Crippen LogP contribution in [0.5, 0.6) is 0 Å². The molecule has 3 aliphatic carbocycles. The van der Waals surface area contributed by atoms with Crippen LogP contribution in [-0.2, 0) is 36.6 Å². The summed E-state index contributed by atoms with van der Waals surface area (Å²) < 4.78 is 30.8. The van der Waals surface area contributed by atoms with Gasteiger partial charge in [-0.3, -0.25) is 4.79 Å². The predicted octanol–water partition coefficient (Wildman–Crippen LogP) is 9.05. The second-order valence-corrected chi connectivity index (χ2v) is 22.0. The third-order valence-electron chi connectivity index (χ3n) is 13.4. The number of amidine groups is 1. The number of nitrogens with two attached hydrogens (primary N) is 1. The summed E-state index contributed by atoms with van der Waals surface area (Å²) >= 11 is 0. The summed E-state index contributed by atoms with van der Waals surface area (Å²) in [4.78, 5) is 59.4. The Bertz CT molecular complexity index is 1940. The zero-order chi connectivity index (χ0) is 50.8. The summed E-state index contributed by atoms with van der Waals surface area (Å²) in [6.45, 7) is 19.3. The van der Waals surface area contributed by atoms with Crippen molar-refractivity contribution in [3.05, 3.63) is 23.4 Å². The molecule has 0 spiro atoms. The lowest BCUT2D eigenvalue weighted by atomic mass is 9.85. The second-order valence-electron chi connectivity index (χ2n) is 22.0. The Morgan fingerprint density at radius 3 is 1.47 bits per heavy atom. The molecule has 70 heavy (non-hydrogen) atoms. The molecule has 20 heteroatoms. The van der Waals surface area contributed by atoms with Crippen LogP contribution in [0.4, 0.5) is 14.4 Å². The first-order valence-electron chi connectivity index (χ1n) is 25.9. The number of nitrogens with zero attached hydrogens (tertiary/aromatic N) is 7. The van der Waals surface area contributed by atoms with E-state index in [9.17, 15) is 19.2 Å². The number of hydrogen-bond donors (Lipinski definition) is 3. The van der Waals surface area contributed by atoms with Crippen LogP contribution in [0.3, 0.4) is 0 Å². The SMILES string of the molecule is C1CC(c2noc(CC3CCNCC3)n2)C1.CC(C)(C)OC(=O)N1CCC(Cc2nc(C3CCC3)no2)CC1.CC(C)OC(=O)OC(=O)CC1CCN(C(=O)OC(C)(C)C)CC1.N/C(=N\O)C1CCC1. The van der Waals surface area contributed by atoms with Gasteiger partial charge >= 0.3 is 24.3 Å². The van der Waals surface area contributed by atoms with Gasteiger partial charge in [-0.2, -0.15) is 9.97 Å². The van der Waals surface area contributed by atoms with E-state index < -0.39 is 23.3 Å². The Labute approximate surface area is 414 Å². The number of likely N-dealkylation sites (tertiary alicyclic amines) is 2. The van der Waals surface area contributed by atoms with E-state index in [1.165, 1.54) is 57.8 Å². The van der Waals surface area contributed by atoms with E-state index in [1.807, 2.05) is 41.5 Å². The largest absolute Gasteiger partial charge is 0.516 e. The van der Waals surface area contributed by atoms with Crippen molar-refractivity contribution < 1.29 is 52.4 Å². The Morgan fingerprint density at radius 2 is 1.11 bits per heavy atom. The number of carbonyl (C=O) groups is 4. The van der Waals surface area contributed by atoms with Gasteiger partial charge in [-0.05, 0) is 163 Å². The fraction of sp³-hybridized carbons (Fsp3) is 0.820. The lowest BCUT2D eigenvalue weighted by Gasteiger charge is -2.33. The van der Waals surface area contributed by atoms with Crippen LogP contribution in [0, 0.1) is 23.7 Å². The molecule has 0 radical (unpaired) electrons. The standard InChI is InChI=1S/C17H27N3O3.C16H27NO6.C12H19N3O.C5H10N2O/c1-17(2,3)22-16(21)20-9-7-12(8-10-20)11-14-18-15(19-23-14)13-5-4-6-13;1-11(2)21-15(20)22-13(18)10-12-6-8-17(9-7-12)14(19)23-16(3,4)5;1-2-10(3-1)12-14-11(16-15-12)8-9-4-6-13-7-5-9;6-5(7-8)4-2-1-3-4/h12-13H,4-11H2,1-3H3;11-12H,6-10H2,1-5H3;9-10,13H,1-8H2;4,8H,1-3H2,(H2,6,7). The molecule has 0 atom stereocenters. The molecule has 0 aromatic carbocycles. The molecule has 8 rings (SSSR count). The van der Waals surface area contributed by atoms with Crippen molar-refractivity contribution in [2.24, 2.45) is 34.6 Å². The van der Waals surface area contributed by atoms with Crippen LogP contribution >= 0.6 is 0 Å². The second kappa shape index (κ2) is 27.0. The van der Waals surface area contributed by atoms with Crippen LogP contribution in [0.1, 0.15) is 193 Å². The molecule has 20 nitrogen and oxygen atoms in total. The van der Waals surface area contributed by atoms with E-state index in [2.05, 4.69) is 35.5 Å². The number of rotatable bonds is 10. The monoisotopic (exact) mass is 986 g/mol. The number of piperidine rings is 3. The third-order valence-corrected chi connectivity index (χ3v) is 13.4. The lowest BCUT2D eigenvalue weighted by molar-refractivity contribution is -0.141. The zero-order valence-electron chi connectivity index (χ0n) is 43.2. The van der Waals surface area contributed by atoms with Gasteiger partial charge in [0.15, 0.2) is 11.6 Å². The quantitative estimate of drug-likeness (QED) is 0.0381. The van der Waals surface area contributed by atoms with E-state index in [0.29, 0.717) is 55.4 Å². The van der Waals surface area contributed by atoms with Crippen LogP contribution in [0.25, 0.3) is 0 Å². The van der Waals surface area contributed by atoms with Crippen molar-refractivity contribution in [1.82, 2.24) is 35.4 Å². The molecule has 3 saturated carbocycles. The summed E-state index contributed by atoms with van der Waals surface area (Å²) in [5, 5.41) is 22.6. The number of aromatic nitrogens is 4. The maximum atomic E-state index is 12.1. The maximum Gasteiger partial charge on any atom is 0.516 e. The normalized spacial score (nSPS) is 19.9. The zero-order valence-corrected chi connectivity index (χ0v) is 43.2. The van der Waals surface area contributed by atoms with Gasteiger partial charge in [-0.1, -0.05) is 34.7 Å². The van der Waals surface area contributed by atoms with Crippen molar-refractivity contribution >= 4 is 30.1 Å². The molecule has 3 aliphatic heterocycles. The smallest absolute Gasteiger partial charge is 0.444 e. The minimum absolute atomic E-state index is 0.0908. The minimum atomic E-state index is -0.962. The highest BCUT2D eigenvalue weighted by Gasteiger charge is 2.32. The molecule has 394 valence electrons. The van der Waals surface area contributed by atoms with Gasteiger partial charge in [0.25, 0.3) is 0 Å². The summed E-state index contributed by atoms with van der Waals surface area (Å²) in [6.07, 6.45) is 16.7. The van der Waals surface area contributed by atoms with Crippen molar-refractivity contribution in [2.75, 3.05) is 39.3 Å². The molecule has 6 aliphatic rings. The highest BCUT2D eigenvalue weighted by Crippen LogP contribution is 2.36. The molecule has 0 unspecified atom stereocenters. The number of esters is 1. The van der Waals surface area contributed by atoms with E-state index in [-0.39, 0.29) is 30.6 Å². The average molecular weight is 986 g/mol. The van der Waals surface area contributed by atoms with Gasteiger partial charge in [0.1, 0.15) is 17.0 Å². The number of nitrogens with one attached hydrogen (secondary N) is 1. The Hall–Kier alpha value is -5.01. The Kier molecular flexibility index (Phi) is 21.6. The first-order chi connectivity index (χ1) is 33.2. The van der Waals surface area contributed by atoms with Gasteiger partial charge in [0.2, 0.25) is 11.8 Å². The molecule has 5 heterocycles. The molecule has 2 amide bonds. The van der Waals surface area contributed by atoms with Crippen LogP contribution < -0.4 is 11.1 Å². The van der Waals surface area contributed by atoms with Crippen LogP contribution in [0.2, 0.25) is 0 Å². The summed E-state index contributed by atoms with van der Waals surface area (Å²) in [5.41, 5.74) is 4.32. The van der Waals surface area contributed by atoms with Gasteiger partial charge in [-0.25, -0.2) is 14.4 Å². The number of oxime groups is 1. The highest BCUT2D eigenvalue weighted by molar-refractivity contribution is 5.83. The fourth-order valence-corrected chi connectivity index (χ4v) is 8.61. The highest BCUT2D eigenvalue weighted by atomic mass is 16.7. The molecule has 2 aromatic heterocycles. The average Bonchev–Trinajstić information content (AvgIpc) is 3.88. The Morgan fingerprint density at radius 1 is 0.686 bits per heavy atom. The van der Waals surface area contributed by atoms with Crippen molar-refractivity contribution in [1.29, 1.82) is 0 Å². The molecule has 6 fully saturated rings. The molecule has 3 saturated heterocycles. The van der Waals surface area contributed by atoms with E-state index in [0.717, 1.165) is 94.1 Å². The topological polar surface area (TPSA) is 260 Å². The van der Waals surface area contributed by atoms with Gasteiger partial charge in [-0.15, -0.1) is 0 Å². The van der Waals surface area contributed by atoms with Gasteiger partial charge in [0, 0.05) is 63.2 Å². The molecule has 2 aromatic rings. The lowest BCUT2D eigenvalue weighted by Crippen LogP contribution is -2.42. The number of amides is 2. The first kappa shape index (κ1) is 55.9. The van der Waals surface area contributed by atoms with Crippen molar-refractivity contribution in [3.8, 4) is 0 Å². The predicted molar refractivity (Wildman–Crippen MR) is 259 cm³/mol. The summed E-state index contributed by atoms with van der Waals surface area (Å²) in [7, 11) is 0. The fourth-order valence-electron chi connectivity index (χ4n) is 8.61. The number of hydrogen-bond acceptors (Lipinski definition) is 17. The van der Waals surface area contributed by atoms with Crippen molar-refractivity contribution in [3.63, 3.8) is 0 Å². The van der Waals surface area contributed by atoms with Crippen LogP contribution in [-0.4, -0.2) is 122 Å². The minimum Gasteiger partial charge on any atom is -0.444 e. The third kappa shape index (κ3) is 19.6. The van der Waals surface area contributed by atoms with E-state index in [1.54, 1.807) is 23.6 Å². The molecule has 4 N–H and O–H groups in total. The van der Waals surface area contributed by atoms with Gasteiger partial charge < -0.3 is 54.1 Å². The number of ether oxygens (including phenoxy) is 4. The first-order valence-corrected chi connectivity index (χ1v) is 25.9. The number of carbonyl (C=O) groups excluding carboxylic acids is 4. The maximum absolute atomic E-state index is 12.1. The van der Waals surface area contributed by atoms with Crippen molar-refractivity contribution in [2.45, 2.75) is 200 Å². The summed E-state index contributed by atoms with van der Waals surface area (Å²) in [6, 6.07) is 0. The van der Waals surface area contributed by atoms with E-state index >= 15 is 0 Å². The van der Waals surface area contributed by atoms with Gasteiger partial charge in [0.05, 0.1) is 6.10 Å².